The predicted molar refractivity (Wildman–Crippen MR) is 213 cm³/mol. The fourth-order valence-corrected chi connectivity index (χ4v) is 9.16. The number of nitrogens with one attached hydrogen (secondary N) is 2. The number of alkyl halides is 3. The maximum atomic E-state index is 13.4. The Morgan fingerprint density at radius 2 is 1.72 bits per heavy atom. The van der Waals surface area contributed by atoms with Crippen LogP contribution in [0.5, 0.6) is 5.75 Å². The van der Waals surface area contributed by atoms with Crippen LogP contribution in [-0.2, 0) is 22.8 Å². The van der Waals surface area contributed by atoms with Gasteiger partial charge >= 0.3 is 11.9 Å². The van der Waals surface area contributed by atoms with E-state index in [0.717, 1.165) is 86.9 Å². The molecule has 1 atom stereocenters. The lowest BCUT2D eigenvalue weighted by Crippen LogP contribution is -2.45. The molecule has 3 aromatic carbocycles. The van der Waals surface area contributed by atoms with Crippen molar-refractivity contribution in [3.63, 3.8) is 0 Å². The number of anilines is 2. The number of halogens is 3. The molecule has 58 heavy (non-hydrogen) atoms. The summed E-state index contributed by atoms with van der Waals surface area (Å²) >= 11 is 0. The number of imide groups is 1. The van der Waals surface area contributed by atoms with E-state index in [4.69, 9.17) is 9.84 Å². The van der Waals surface area contributed by atoms with E-state index in [1.165, 1.54) is 23.8 Å². The van der Waals surface area contributed by atoms with Gasteiger partial charge in [0.1, 0.15) is 11.8 Å². The van der Waals surface area contributed by atoms with Gasteiger partial charge in [0.2, 0.25) is 11.8 Å². The Morgan fingerprint density at radius 3 is 2.43 bits per heavy atom. The number of fused-ring (bicyclic) bond motifs is 2. The highest BCUT2D eigenvalue weighted by Crippen LogP contribution is 2.37. The van der Waals surface area contributed by atoms with Gasteiger partial charge in [0, 0.05) is 62.4 Å². The third kappa shape index (κ3) is 7.56. The van der Waals surface area contributed by atoms with Crippen molar-refractivity contribution in [2.24, 2.45) is 13.0 Å². The molecule has 0 bridgehead atoms. The molecular formula is C42H47F3N8O5. The maximum Gasteiger partial charge on any atom is 0.416 e. The topological polar surface area (TPSA) is 136 Å². The molecule has 3 amide bonds. The van der Waals surface area contributed by atoms with Crippen LogP contribution in [0.25, 0.3) is 21.9 Å². The highest BCUT2D eigenvalue weighted by molar-refractivity contribution is 6.06. The summed E-state index contributed by atoms with van der Waals surface area (Å²) in [6.07, 6.45) is 3.93. The number of benzene rings is 3. The highest BCUT2D eigenvalue weighted by Gasteiger charge is 2.34. The SMILES string of the molecule is COc1cc2nn([C@H]3CC[C@H](CN(C)C4CCN(c5cccc6c5n(C)c(=O)n6C5CCC(=O)NC5=O)CC4)CC3)cc2cc1NC(=O)c1cccc(C(F)(F)F)c1. The Hall–Kier alpha value is -5.64. The molecule has 1 aliphatic carbocycles. The van der Waals surface area contributed by atoms with Gasteiger partial charge in [-0.1, -0.05) is 12.1 Å². The number of aromatic nitrogens is 4. The normalized spacial score (nSPS) is 20.9. The standard InChI is InChI=1S/C42H47F3N8O5/c1-49(29-16-18-51(19-17-29)33-8-5-9-34-38(33)50(2)41(57)53(34)35-14-15-37(54)47-40(35)56)23-25-10-12-30(13-11-25)52-24-27-21-32(36(58-3)22-31(27)48-52)46-39(55)26-6-4-7-28(20-26)42(43,44)45/h4-9,20-22,24-25,29-30,35H,10-19,23H2,1-3H3,(H,46,55)(H,47,54,56)/t25-,30-,35?. The van der Waals surface area contributed by atoms with Crippen LogP contribution in [0.15, 0.2) is 65.6 Å². The maximum absolute atomic E-state index is 13.4. The highest BCUT2D eigenvalue weighted by atomic mass is 19.4. The van der Waals surface area contributed by atoms with Crippen LogP contribution < -0.4 is 26.0 Å². The quantitative estimate of drug-likeness (QED) is 0.167. The minimum atomic E-state index is -4.56. The monoisotopic (exact) mass is 800 g/mol. The second-order valence-corrected chi connectivity index (χ2v) is 15.9. The number of nitrogens with zero attached hydrogens (tertiary/aromatic N) is 6. The summed E-state index contributed by atoms with van der Waals surface area (Å²) in [7, 11) is 5.43. The zero-order valence-electron chi connectivity index (χ0n) is 32.7. The van der Waals surface area contributed by atoms with Crippen molar-refractivity contribution < 1.29 is 32.3 Å². The first-order chi connectivity index (χ1) is 27.8. The molecule has 1 saturated carbocycles. The minimum Gasteiger partial charge on any atom is -0.494 e. The van der Waals surface area contributed by atoms with Crippen molar-refractivity contribution in [1.82, 2.24) is 29.1 Å². The summed E-state index contributed by atoms with van der Waals surface area (Å²) in [4.78, 5) is 55.8. The summed E-state index contributed by atoms with van der Waals surface area (Å²) in [6, 6.07) is 13.6. The van der Waals surface area contributed by atoms with Gasteiger partial charge in [-0.3, -0.25) is 33.5 Å². The van der Waals surface area contributed by atoms with Gasteiger partial charge in [-0.2, -0.15) is 18.3 Å². The number of hydrogen-bond acceptors (Lipinski definition) is 8. The molecule has 3 fully saturated rings. The van der Waals surface area contributed by atoms with E-state index < -0.39 is 29.6 Å². The van der Waals surface area contributed by atoms with Crippen LogP contribution in [0.1, 0.15) is 79.4 Å². The van der Waals surface area contributed by atoms with Crippen LogP contribution in [-0.4, -0.2) is 81.4 Å². The molecule has 2 aromatic heterocycles. The fourth-order valence-electron chi connectivity index (χ4n) is 9.16. The molecule has 306 valence electrons. The van der Waals surface area contributed by atoms with Crippen molar-refractivity contribution in [1.29, 1.82) is 0 Å². The lowest BCUT2D eigenvalue weighted by atomic mass is 9.85. The molecule has 2 aliphatic heterocycles. The molecule has 4 heterocycles. The van der Waals surface area contributed by atoms with E-state index in [9.17, 15) is 32.3 Å². The molecule has 1 unspecified atom stereocenters. The third-order valence-corrected chi connectivity index (χ3v) is 12.3. The number of imidazole rings is 1. The number of carbonyl (C=O) groups is 3. The van der Waals surface area contributed by atoms with Crippen LogP contribution >= 0.6 is 0 Å². The fraction of sp³-hybridized carbons (Fsp3) is 0.452. The number of methoxy groups -OCH3 is 1. The first-order valence-electron chi connectivity index (χ1n) is 19.8. The van der Waals surface area contributed by atoms with E-state index in [1.54, 1.807) is 23.7 Å². The third-order valence-electron chi connectivity index (χ3n) is 12.3. The Morgan fingerprint density at radius 1 is 0.983 bits per heavy atom. The van der Waals surface area contributed by atoms with Gasteiger partial charge in [0.25, 0.3) is 5.91 Å². The number of aryl methyl sites for hydroxylation is 1. The summed E-state index contributed by atoms with van der Waals surface area (Å²) in [6.45, 7) is 2.68. The summed E-state index contributed by atoms with van der Waals surface area (Å²) in [5.74, 6) is -0.507. The summed E-state index contributed by atoms with van der Waals surface area (Å²) in [5.41, 5.74) is 2.25. The molecule has 2 saturated heterocycles. The van der Waals surface area contributed by atoms with Crippen LogP contribution in [0.2, 0.25) is 0 Å². The number of piperidine rings is 2. The number of amides is 3. The predicted octanol–water partition coefficient (Wildman–Crippen LogP) is 6.28. The molecule has 0 radical (unpaired) electrons. The second kappa shape index (κ2) is 15.6. The molecule has 13 nitrogen and oxygen atoms in total. The molecular weight excluding hydrogens is 754 g/mol. The van der Waals surface area contributed by atoms with Gasteiger partial charge in [0.05, 0.1) is 46.6 Å². The van der Waals surface area contributed by atoms with E-state index in [1.807, 2.05) is 29.1 Å². The molecule has 2 N–H and O–H groups in total. The van der Waals surface area contributed by atoms with E-state index in [2.05, 4.69) is 27.5 Å². The molecule has 3 aliphatic rings. The van der Waals surface area contributed by atoms with Crippen LogP contribution in [0.4, 0.5) is 24.5 Å². The zero-order valence-corrected chi connectivity index (χ0v) is 32.7. The van der Waals surface area contributed by atoms with Crippen molar-refractivity contribution in [2.75, 3.05) is 44.0 Å². The number of carbonyl (C=O) groups excluding carboxylic acids is 3. The average molecular weight is 801 g/mol. The van der Waals surface area contributed by atoms with Crippen molar-refractivity contribution in [3.8, 4) is 5.75 Å². The summed E-state index contributed by atoms with van der Waals surface area (Å²) < 4.78 is 50.4. The van der Waals surface area contributed by atoms with Gasteiger partial charge in [-0.25, -0.2) is 4.79 Å². The van der Waals surface area contributed by atoms with Crippen molar-refractivity contribution in [3.05, 3.63) is 82.4 Å². The Labute approximate surface area is 332 Å². The van der Waals surface area contributed by atoms with Gasteiger partial charge < -0.3 is 19.9 Å². The lowest BCUT2D eigenvalue weighted by Gasteiger charge is -2.40. The molecule has 5 aromatic rings. The Balaban J connectivity index is 0.866. The number of para-hydroxylation sites is 1. The molecule has 8 rings (SSSR count). The van der Waals surface area contributed by atoms with Gasteiger partial charge in [-0.15, -0.1) is 0 Å². The first-order valence-corrected chi connectivity index (χ1v) is 19.8. The molecule has 16 heteroatoms. The number of rotatable bonds is 9. The van der Waals surface area contributed by atoms with Gasteiger partial charge in [-0.05, 0) is 94.3 Å². The minimum absolute atomic E-state index is 0.107. The number of ether oxygens (including phenoxy) is 1. The van der Waals surface area contributed by atoms with Crippen LogP contribution in [0.3, 0.4) is 0 Å². The van der Waals surface area contributed by atoms with E-state index >= 15 is 0 Å². The first kappa shape index (κ1) is 39.2. The summed E-state index contributed by atoms with van der Waals surface area (Å²) in [5, 5.41) is 10.7. The van der Waals surface area contributed by atoms with Gasteiger partial charge in [0.15, 0.2) is 0 Å². The smallest absolute Gasteiger partial charge is 0.416 e. The Bertz CT molecular complexity index is 2440. The number of hydrogen-bond donors (Lipinski definition) is 2. The Kier molecular flexibility index (Phi) is 10.5. The average Bonchev–Trinajstić information content (AvgIpc) is 3.74. The lowest BCUT2D eigenvalue weighted by molar-refractivity contribution is -0.138. The van der Waals surface area contributed by atoms with E-state index in [0.29, 0.717) is 40.9 Å². The van der Waals surface area contributed by atoms with Crippen molar-refractivity contribution in [2.45, 2.75) is 75.7 Å². The van der Waals surface area contributed by atoms with E-state index in [-0.39, 0.29) is 29.6 Å². The van der Waals surface area contributed by atoms with Crippen LogP contribution in [0, 0.1) is 5.92 Å². The second-order valence-electron chi connectivity index (χ2n) is 15.9. The zero-order chi connectivity index (χ0) is 40.9. The van der Waals surface area contributed by atoms with Crippen molar-refractivity contribution >= 4 is 51.0 Å². The largest absolute Gasteiger partial charge is 0.494 e. The molecule has 0 spiro atoms.